The van der Waals surface area contributed by atoms with Crippen molar-refractivity contribution in [3.05, 3.63) is 47.4 Å². The average molecular weight is 589 g/mol. The van der Waals surface area contributed by atoms with Crippen LogP contribution in [-0.2, 0) is 24.2 Å². The summed E-state index contributed by atoms with van der Waals surface area (Å²) in [5.74, 6) is -0.956. The number of rotatable bonds is 7. The van der Waals surface area contributed by atoms with Gasteiger partial charge in [-0.1, -0.05) is 12.6 Å². The number of carbonyl (C=O) groups excluding carboxylic acids is 1. The molecule has 0 bridgehead atoms. The number of benzene rings is 1. The summed E-state index contributed by atoms with van der Waals surface area (Å²) >= 11 is 0. The Balaban J connectivity index is 1.31. The fraction of sp³-hybridized carbons (Fsp3) is 0.562. The number of hydrogen-bond acceptors (Lipinski definition) is 9. The molecule has 1 amide bonds. The lowest BCUT2D eigenvalue weighted by Crippen LogP contribution is -2.55. The Morgan fingerprint density at radius 2 is 1.88 bits per heavy atom. The summed E-state index contributed by atoms with van der Waals surface area (Å²) in [7, 11) is 4.28. The molecule has 1 aromatic heterocycles. The van der Waals surface area contributed by atoms with Crippen LogP contribution in [0.25, 0.3) is 0 Å². The van der Waals surface area contributed by atoms with Gasteiger partial charge >= 0.3 is 6.01 Å². The molecular formula is C32H41FN8O2. The quantitative estimate of drug-likeness (QED) is 0.452. The number of nitriles is 1. The molecule has 4 aliphatic rings. The highest BCUT2D eigenvalue weighted by Gasteiger charge is 2.35. The fourth-order valence-electron chi connectivity index (χ4n) is 7.12. The molecule has 2 aromatic rings. The normalized spacial score (nSPS) is 22.2. The van der Waals surface area contributed by atoms with Crippen molar-refractivity contribution >= 4 is 23.1 Å². The molecule has 6 rings (SSSR count). The van der Waals surface area contributed by atoms with Crippen LogP contribution in [0.1, 0.15) is 42.5 Å². The summed E-state index contributed by atoms with van der Waals surface area (Å²) in [4.78, 5) is 33.1. The van der Waals surface area contributed by atoms with Crippen molar-refractivity contribution < 1.29 is 13.9 Å². The monoisotopic (exact) mass is 588 g/mol. The molecule has 1 aromatic carbocycles. The Morgan fingerprint density at radius 1 is 1.05 bits per heavy atom. The number of ether oxygens (including phenoxy) is 1. The second-order valence-electron chi connectivity index (χ2n) is 12.2. The molecule has 228 valence electrons. The Kier molecular flexibility index (Phi) is 8.39. The lowest BCUT2D eigenvalue weighted by molar-refractivity contribution is -0.131. The van der Waals surface area contributed by atoms with Gasteiger partial charge in [0.1, 0.15) is 12.4 Å². The van der Waals surface area contributed by atoms with E-state index in [1.165, 1.54) is 21.8 Å². The summed E-state index contributed by atoms with van der Waals surface area (Å²) < 4.78 is 20.1. The number of halogens is 1. The molecule has 0 unspecified atom stereocenters. The van der Waals surface area contributed by atoms with Gasteiger partial charge in [-0.25, -0.2) is 4.39 Å². The molecule has 5 heterocycles. The molecule has 0 saturated carbocycles. The number of hydrogen-bond donors (Lipinski definition) is 0. The Hall–Kier alpha value is -3.91. The van der Waals surface area contributed by atoms with Crippen LogP contribution in [0.3, 0.4) is 0 Å². The van der Waals surface area contributed by atoms with Crippen LogP contribution in [0.2, 0.25) is 0 Å². The Bertz CT molecular complexity index is 1430. The summed E-state index contributed by atoms with van der Waals surface area (Å²) in [5, 5.41) is 9.50. The van der Waals surface area contributed by atoms with E-state index in [0.717, 1.165) is 68.8 Å². The lowest BCUT2D eigenvalue weighted by Gasteiger charge is -2.42. The molecule has 11 heteroatoms. The third-order valence-corrected chi connectivity index (χ3v) is 9.50. The van der Waals surface area contributed by atoms with Crippen LogP contribution >= 0.6 is 0 Å². The highest BCUT2D eigenvalue weighted by Crippen LogP contribution is 2.38. The zero-order valence-electron chi connectivity index (χ0n) is 25.3. The topological polar surface area (TPSA) is 92.1 Å². The number of aromatic nitrogens is 2. The number of amides is 1. The minimum absolute atomic E-state index is 0.0987. The summed E-state index contributed by atoms with van der Waals surface area (Å²) in [6.45, 7) is 8.45. The first-order valence-electron chi connectivity index (χ1n) is 15.4. The van der Waals surface area contributed by atoms with Crippen LogP contribution in [0.4, 0.5) is 21.6 Å². The van der Waals surface area contributed by atoms with Gasteiger partial charge in [-0.05, 0) is 63.4 Å². The maximum atomic E-state index is 13.8. The minimum Gasteiger partial charge on any atom is -0.462 e. The number of likely N-dealkylation sites (N-methyl/N-ethyl adjacent to an activating group) is 1. The van der Waals surface area contributed by atoms with Gasteiger partial charge in [-0.2, -0.15) is 15.2 Å². The summed E-state index contributed by atoms with van der Waals surface area (Å²) in [6.07, 6.45) is 5.30. The van der Waals surface area contributed by atoms with Gasteiger partial charge in [0.15, 0.2) is 5.83 Å². The van der Waals surface area contributed by atoms with Crippen molar-refractivity contribution in [1.29, 1.82) is 5.26 Å². The van der Waals surface area contributed by atoms with Crippen molar-refractivity contribution in [1.82, 2.24) is 19.8 Å². The lowest BCUT2D eigenvalue weighted by atomic mass is 9.97. The predicted molar refractivity (Wildman–Crippen MR) is 164 cm³/mol. The van der Waals surface area contributed by atoms with Crippen LogP contribution < -0.4 is 19.4 Å². The van der Waals surface area contributed by atoms with E-state index >= 15 is 0 Å². The van der Waals surface area contributed by atoms with Gasteiger partial charge in [0, 0.05) is 62.8 Å². The third-order valence-electron chi connectivity index (χ3n) is 9.50. The smallest absolute Gasteiger partial charge is 0.318 e. The fourth-order valence-corrected chi connectivity index (χ4v) is 7.12. The molecule has 43 heavy (non-hydrogen) atoms. The second-order valence-corrected chi connectivity index (χ2v) is 12.2. The van der Waals surface area contributed by atoms with E-state index in [0.29, 0.717) is 38.3 Å². The first kappa shape index (κ1) is 29.2. The van der Waals surface area contributed by atoms with E-state index in [1.54, 1.807) is 0 Å². The molecule has 2 saturated heterocycles. The molecule has 0 N–H and O–H groups in total. The summed E-state index contributed by atoms with van der Waals surface area (Å²) in [5.41, 5.74) is 5.98. The maximum absolute atomic E-state index is 13.8. The number of fused-ring (bicyclic) bond motifs is 2. The number of piperazine rings is 1. The van der Waals surface area contributed by atoms with E-state index < -0.39 is 17.8 Å². The molecule has 2 fully saturated rings. The Morgan fingerprint density at radius 3 is 2.65 bits per heavy atom. The molecule has 10 nitrogen and oxygen atoms in total. The van der Waals surface area contributed by atoms with Crippen LogP contribution in [0.15, 0.2) is 30.6 Å². The van der Waals surface area contributed by atoms with Crippen molar-refractivity contribution in [2.45, 2.75) is 57.2 Å². The van der Waals surface area contributed by atoms with Crippen molar-refractivity contribution in [3.8, 4) is 12.1 Å². The van der Waals surface area contributed by atoms with E-state index in [4.69, 9.17) is 14.7 Å². The first-order valence-corrected chi connectivity index (χ1v) is 15.4. The van der Waals surface area contributed by atoms with E-state index in [2.05, 4.69) is 64.5 Å². The van der Waals surface area contributed by atoms with Crippen LogP contribution in [0, 0.1) is 11.3 Å². The van der Waals surface area contributed by atoms with Gasteiger partial charge in [0.05, 0.1) is 30.8 Å². The predicted octanol–water partition coefficient (Wildman–Crippen LogP) is 3.31. The number of anilines is 3. The molecular weight excluding hydrogens is 547 g/mol. The number of likely N-dealkylation sites (tertiary alicyclic amines) is 1. The van der Waals surface area contributed by atoms with Gasteiger partial charge in [0.2, 0.25) is 0 Å². The Labute approximate surface area is 253 Å². The van der Waals surface area contributed by atoms with Gasteiger partial charge in [-0.3, -0.25) is 4.79 Å². The van der Waals surface area contributed by atoms with Crippen molar-refractivity contribution in [3.63, 3.8) is 0 Å². The highest BCUT2D eigenvalue weighted by atomic mass is 19.1. The van der Waals surface area contributed by atoms with Gasteiger partial charge in [0.25, 0.3) is 5.91 Å². The maximum Gasteiger partial charge on any atom is 0.318 e. The highest BCUT2D eigenvalue weighted by molar-refractivity contribution is 5.91. The zero-order chi connectivity index (χ0) is 30.1. The van der Waals surface area contributed by atoms with Crippen molar-refractivity contribution in [2.75, 3.05) is 74.7 Å². The van der Waals surface area contributed by atoms with Crippen LogP contribution in [0.5, 0.6) is 6.01 Å². The molecule has 0 spiro atoms. The molecule has 2 atom stereocenters. The van der Waals surface area contributed by atoms with Gasteiger partial charge < -0.3 is 29.2 Å². The standard InChI is InChI=1S/C32H41FN8O2/c1-22(33)31(42)41-18-17-40(19-23(41)11-13-34)30-25-12-16-39(29-10-4-9-28-26(29)8-6-15-38(28)3)20-27(25)35-32(36-30)43-21-24-7-5-14-37(24)2/h4,9-10,23-24H,1,5-8,11-12,14-21H2,2-3H3/t23-,24-/m0/s1. The zero-order valence-corrected chi connectivity index (χ0v) is 25.3. The largest absolute Gasteiger partial charge is 0.462 e. The second kappa shape index (κ2) is 12.4. The first-order chi connectivity index (χ1) is 20.8. The van der Waals surface area contributed by atoms with E-state index in [1.807, 2.05) is 0 Å². The molecule has 4 aliphatic heterocycles. The van der Waals surface area contributed by atoms with Crippen LogP contribution in [-0.4, -0.2) is 97.7 Å². The number of nitrogens with zero attached hydrogens (tertiary/aromatic N) is 8. The molecule has 0 radical (unpaired) electrons. The third kappa shape index (κ3) is 5.85. The minimum atomic E-state index is -1.00. The number of carbonyl (C=O) groups is 1. The molecule has 0 aliphatic carbocycles. The summed E-state index contributed by atoms with van der Waals surface area (Å²) in [6, 6.07) is 8.97. The van der Waals surface area contributed by atoms with E-state index in [-0.39, 0.29) is 13.0 Å². The van der Waals surface area contributed by atoms with Crippen molar-refractivity contribution in [2.24, 2.45) is 0 Å². The van der Waals surface area contributed by atoms with E-state index in [9.17, 15) is 14.4 Å². The van der Waals surface area contributed by atoms with Gasteiger partial charge in [-0.15, -0.1) is 0 Å². The SMILES string of the molecule is C=C(F)C(=O)N1CCN(c2nc(OC[C@@H]3CCCN3C)nc3c2CCN(c2cccc4c2CCCN4C)C3)C[C@@H]1CC#N. The average Bonchev–Trinajstić information content (AvgIpc) is 3.43.